The molecule has 0 saturated heterocycles. The molecule has 1 saturated carbocycles. The summed E-state index contributed by atoms with van der Waals surface area (Å²) in [6.45, 7) is 6.45. The molecule has 3 unspecified atom stereocenters. The molecule has 1 aromatic carbocycles. The third-order valence-corrected chi connectivity index (χ3v) is 5.24. The normalized spacial score (nSPS) is 28.2. The molecule has 0 aromatic heterocycles. The predicted octanol–water partition coefficient (Wildman–Crippen LogP) is 4.23. The fraction of sp³-hybridized carbons (Fsp3) is 0.667. The smallest absolute Gasteiger partial charge is 0.125 e. The van der Waals surface area contributed by atoms with Crippen LogP contribution in [0.4, 0.5) is 0 Å². The van der Waals surface area contributed by atoms with Crippen LogP contribution in [0.5, 0.6) is 5.75 Å². The Balaban J connectivity index is 1.81. The first-order chi connectivity index (χ1) is 10.2. The van der Waals surface area contributed by atoms with Gasteiger partial charge in [-0.25, -0.2) is 0 Å². The van der Waals surface area contributed by atoms with Gasteiger partial charge in [0.2, 0.25) is 0 Å². The number of halogens is 1. The molecule has 21 heavy (non-hydrogen) atoms. The Labute approximate surface area is 133 Å². The van der Waals surface area contributed by atoms with Gasteiger partial charge in [-0.15, -0.1) is 0 Å². The highest BCUT2D eigenvalue weighted by molar-refractivity contribution is 6.30. The SMILES string of the molecule is CCNC1CCC(C)CC1Cc1cc(Cl)cc2c1OCC2. The van der Waals surface area contributed by atoms with Crippen molar-refractivity contribution in [3.05, 3.63) is 28.3 Å². The minimum atomic E-state index is 0.641. The van der Waals surface area contributed by atoms with E-state index in [9.17, 15) is 0 Å². The van der Waals surface area contributed by atoms with Gasteiger partial charge in [-0.2, -0.15) is 0 Å². The van der Waals surface area contributed by atoms with Crippen LogP contribution in [0, 0.1) is 11.8 Å². The number of benzene rings is 1. The molecule has 2 aliphatic rings. The van der Waals surface area contributed by atoms with Crippen LogP contribution in [0.2, 0.25) is 5.02 Å². The summed E-state index contributed by atoms with van der Waals surface area (Å²) >= 11 is 6.30. The lowest BCUT2D eigenvalue weighted by Gasteiger charge is -2.35. The van der Waals surface area contributed by atoms with Crippen molar-refractivity contribution in [3.63, 3.8) is 0 Å². The van der Waals surface area contributed by atoms with E-state index in [1.165, 1.54) is 30.4 Å². The number of ether oxygens (including phenoxy) is 1. The van der Waals surface area contributed by atoms with Gasteiger partial charge in [0, 0.05) is 17.5 Å². The van der Waals surface area contributed by atoms with Crippen LogP contribution >= 0.6 is 11.6 Å². The summed E-state index contributed by atoms with van der Waals surface area (Å²) in [5.74, 6) is 2.64. The number of hydrogen-bond donors (Lipinski definition) is 1. The van der Waals surface area contributed by atoms with E-state index in [0.717, 1.165) is 42.7 Å². The molecule has 1 aliphatic heterocycles. The van der Waals surface area contributed by atoms with Crippen molar-refractivity contribution in [1.82, 2.24) is 5.32 Å². The molecule has 0 amide bonds. The summed E-state index contributed by atoms with van der Waals surface area (Å²) in [6, 6.07) is 4.83. The molecule has 0 bridgehead atoms. The van der Waals surface area contributed by atoms with Crippen molar-refractivity contribution >= 4 is 11.6 Å². The van der Waals surface area contributed by atoms with Gasteiger partial charge in [0.15, 0.2) is 0 Å². The van der Waals surface area contributed by atoms with Crippen LogP contribution < -0.4 is 10.1 Å². The summed E-state index contributed by atoms with van der Waals surface area (Å²) in [6.07, 6.45) is 6.03. The van der Waals surface area contributed by atoms with Gasteiger partial charge in [0.1, 0.15) is 5.75 Å². The molecule has 3 heteroatoms. The van der Waals surface area contributed by atoms with Gasteiger partial charge in [-0.3, -0.25) is 0 Å². The van der Waals surface area contributed by atoms with Gasteiger partial charge in [-0.05, 0) is 67.3 Å². The van der Waals surface area contributed by atoms with E-state index in [1.54, 1.807) is 0 Å². The number of fused-ring (bicyclic) bond motifs is 1. The topological polar surface area (TPSA) is 21.3 Å². The first-order valence-electron chi connectivity index (χ1n) is 8.34. The van der Waals surface area contributed by atoms with Crippen LogP contribution in [-0.4, -0.2) is 19.2 Å². The van der Waals surface area contributed by atoms with Crippen molar-refractivity contribution in [2.24, 2.45) is 11.8 Å². The van der Waals surface area contributed by atoms with Crippen molar-refractivity contribution in [2.45, 2.75) is 52.0 Å². The molecule has 1 N–H and O–H groups in total. The van der Waals surface area contributed by atoms with Crippen molar-refractivity contribution in [3.8, 4) is 5.75 Å². The second kappa shape index (κ2) is 6.58. The monoisotopic (exact) mass is 307 g/mol. The summed E-state index contributed by atoms with van der Waals surface area (Å²) in [5.41, 5.74) is 2.61. The van der Waals surface area contributed by atoms with E-state index in [4.69, 9.17) is 16.3 Å². The maximum absolute atomic E-state index is 6.30. The number of hydrogen-bond acceptors (Lipinski definition) is 2. The fourth-order valence-electron chi connectivity index (χ4n) is 4.04. The molecule has 1 heterocycles. The van der Waals surface area contributed by atoms with Crippen LogP contribution in [0.3, 0.4) is 0 Å². The number of nitrogens with one attached hydrogen (secondary N) is 1. The first kappa shape index (κ1) is 15.2. The summed E-state index contributed by atoms with van der Waals surface area (Å²) < 4.78 is 5.87. The maximum Gasteiger partial charge on any atom is 0.125 e. The van der Waals surface area contributed by atoms with E-state index in [-0.39, 0.29) is 0 Å². The summed E-state index contributed by atoms with van der Waals surface area (Å²) in [5, 5.41) is 4.54. The largest absolute Gasteiger partial charge is 0.493 e. The molecule has 0 spiro atoms. The molecule has 0 radical (unpaired) electrons. The van der Waals surface area contributed by atoms with Gasteiger partial charge >= 0.3 is 0 Å². The molecule has 1 aromatic rings. The lowest BCUT2D eigenvalue weighted by molar-refractivity contribution is 0.212. The molecule has 1 aliphatic carbocycles. The van der Waals surface area contributed by atoms with Crippen molar-refractivity contribution in [2.75, 3.05) is 13.2 Å². The summed E-state index contributed by atoms with van der Waals surface area (Å²) in [7, 11) is 0. The Morgan fingerprint density at radius 3 is 3.00 bits per heavy atom. The second-order valence-corrected chi connectivity index (χ2v) is 7.13. The highest BCUT2D eigenvalue weighted by Crippen LogP contribution is 2.38. The molecule has 116 valence electrons. The zero-order valence-electron chi connectivity index (χ0n) is 13.1. The van der Waals surface area contributed by atoms with Gasteiger partial charge < -0.3 is 10.1 Å². The zero-order chi connectivity index (χ0) is 14.8. The maximum atomic E-state index is 6.30. The Bertz CT molecular complexity index is 502. The summed E-state index contributed by atoms with van der Waals surface area (Å²) in [4.78, 5) is 0. The van der Waals surface area contributed by atoms with Crippen LogP contribution in [0.15, 0.2) is 12.1 Å². The van der Waals surface area contributed by atoms with Crippen LogP contribution in [0.1, 0.15) is 44.2 Å². The van der Waals surface area contributed by atoms with Crippen molar-refractivity contribution < 1.29 is 4.74 Å². The third-order valence-electron chi connectivity index (χ3n) is 5.02. The minimum Gasteiger partial charge on any atom is -0.493 e. The fourth-order valence-corrected chi connectivity index (χ4v) is 4.30. The highest BCUT2D eigenvalue weighted by Gasteiger charge is 2.30. The third kappa shape index (κ3) is 3.37. The average Bonchev–Trinajstić information content (AvgIpc) is 2.90. The molecule has 3 atom stereocenters. The molecular formula is C18H26ClNO. The van der Waals surface area contributed by atoms with Gasteiger partial charge in [0.25, 0.3) is 0 Å². The Morgan fingerprint density at radius 1 is 1.33 bits per heavy atom. The quantitative estimate of drug-likeness (QED) is 0.898. The van der Waals surface area contributed by atoms with Crippen LogP contribution in [0.25, 0.3) is 0 Å². The van der Waals surface area contributed by atoms with E-state index in [0.29, 0.717) is 12.0 Å². The van der Waals surface area contributed by atoms with Gasteiger partial charge in [-0.1, -0.05) is 25.4 Å². The predicted molar refractivity (Wildman–Crippen MR) is 88.3 cm³/mol. The molecule has 3 rings (SSSR count). The lowest BCUT2D eigenvalue weighted by Crippen LogP contribution is -2.41. The Kier molecular flexibility index (Phi) is 4.75. The average molecular weight is 308 g/mol. The van der Waals surface area contributed by atoms with Crippen LogP contribution in [-0.2, 0) is 12.8 Å². The standard InChI is InChI=1S/C18H26ClNO/c1-3-20-17-5-4-12(2)8-14(17)9-15-11-16(19)10-13-6-7-21-18(13)15/h10-12,14,17,20H,3-9H2,1-2H3. The van der Waals surface area contributed by atoms with E-state index in [2.05, 4.69) is 31.3 Å². The molecular weight excluding hydrogens is 282 g/mol. The lowest BCUT2D eigenvalue weighted by atomic mass is 9.76. The van der Waals surface area contributed by atoms with E-state index in [1.807, 2.05) is 0 Å². The Hall–Kier alpha value is -0.730. The zero-order valence-corrected chi connectivity index (χ0v) is 13.9. The number of rotatable bonds is 4. The highest BCUT2D eigenvalue weighted by atomic mass is 35.5. The minimum absolute atomic E-state index is 0.641. The second-order valence-electron chi connectivity index (χ2n) is 6.70. The first-order valence-corrected chi connectivity index (χ1v) is 8.72. The Morgan fingerprint density at radius 2 is 2.19 bits per heavy atom. The molecule has 2 nitrogen and oxygen atoms in total. The van der Waals surface area contributed by atoms with E-state index >= 15 is 0 Å². The van der Waals surface area contributed by atoms with Gasteiger partial charge in [0.05, 0.1) is 6.61 Å². The van der Waals surface area contributed by atoms with E-state index < -0.39 is 0 Å². The van der Waals surface area contributed by atoms with Crippen molar-refractivity contribution in [1.29, 1.82) is 0 Å². The molecule has 1 fully saturated rings.